The van der Waals surface area contributed by atoms with Crippen LogP contribution in [0.2, 0.25) is 0 Å². The number of halogens is 2. The largest absolute Gasteiger partial charge is 0.495 e. The molecule has 0 atom stereocenters. The smallest absolute Gasteiger partial charge is 0.342 e. The maximum atomic E-state index is 14.6. The molecule has 1 spiro atoms. The molecule has 3 aliphatic rings. The SMILES string of the molecule is COc1cc(C(=O)NN2CC3(CCNCC3)C2)ccc1Nc1ccc2c(c1)N(C(C)C)CC(F)(F)C(=O)N2C. The highest BCUT2D eigenvalue weighted by Crippen LogP contribution is 2.41. The van der Waals surface area contributed by atoms with Gasteiger partial charge in [0.15, 0.2) is 0 Å². The first kappa shape index (κ1) is 27.1. The van der Waals surface area contributed by atoms with Crippen molar-refractivity contribution in [2.45, 2.75) is 38.7 Å². The predicted octanol–water partition coefficient (Wildman–Crippen LogP) is 3.60. The Morgan fingerprint density at radius 1 is 1.05 bits per heavy atom. The van der Waals surface area contributed by atoms with Crippen molar-refractivity contribution in [2.75, 3.05) is 62.0 Å². The molecular weight excluding hydrogens is 506 g/mol. The molecule has 0 saturated carbocycles. The first-order valence-electron chi connectivity index (χ1n) is 13.3. The summed E-state index contributed by atoms with van der Waals surface area (Å²) < 4.78 is 34.8. The van der Waals surface area contributed by atoms with Crippen molar-refractivity contribution in [3.63, 3.8) is 0 Å². The molecule has 0 bridgehead atoms. The molecule has 2 aromatic rings. The summed E-state index contributed by atoms with van der Waals surface area (Å²) >= 11 is 0. The zero-order chi connectivity index (χ0) is 27.9. The molecule has 210 valence electrons. The van der Waals surface area contributed by atoms with Gasteiger partial charge in [0.1, 0.15) is 5.75 Å². The number of fused-ring (bicyclic) bond motifs is 1. The second-order valence-electron chi connectivity index (χ2n) is 11.1. The molecule has 5 rings (SSSR count). The number of benzene rings is 2. The van der Waals surface area contributed by atoms with Crippen LogP contribution in [-0.2, 0) is 4.79 Å². The highest BCUT2D eigenvalue weighted by atomic mass is 19.3. The van der Waals surface area contributed by atoms with Crippen LogP contribution in [0.1, 0.15) is 37.0 Å². The van der Waals surface area contributed by atoms with E-state index in [9.17, 15) is 18.4 Å². The molecule has 2 fully saturated rings. The quantitative estimate of drug-likeness (QED) is 0.514. The van der Waals surface area contributed by atoms with Gasteiger partial charge in [-0.1, -0.05) is 0 Å². The van der Waals surface area contributed by atoms with Gasteiger partial charge in [-0.25, -0.2) is 5.01 Å². The number of carbonyl (C=O) groups is 2. The van der Waals surface area contributed by atoms with Crippen LogP contribution in [0.25, 0.3) is 0 Å². The van der Waals surface area contributed by atoms with Crippen molar-refractivity contribution >= 4 is 34.6 Å². The third kappa shape index (κ3) is 5.25. The number of piperidine rings is 1. The van der Waals surface area contributed by atoms with Crippen LogP contribution in [0.15, 0.2) is 36.4 Å². The van der Waals surface area contributed by atoms with Gasteiger partial charge >= 0.3 is 5.92 Å². The van der Waals surface area contributed by atoms with Gasteiger partial charge in [0.25, 0.3) is 11.8 Å². The molecule has 0 unspecified atom stereocenters. The molecule has 0 radical (unpaired) electrons. The average Bonchev–Trinajstić information content (AvgIpc) is 2.97. The maximum Gasteiger partial charge on any atom is 0.342 e. The normalized spacial score (nSPS) is 20.3. The van der Waals surface area contributed by atoms with Crippen molar-refractivity contribution < 1.29 is 23.1 Å². The van der Waals surface area contributed by atoms with Gasteiger partial charge in [0.05, 0.1) is 30.7 Å². The van der Waals surface area contributed by atoms with E-state index in [1.54, 1.807) is 36.4 Å². The molecule has 39 heavy (non-hydrogen) atoms. The van der Waals surface area contributed by atoms with Crippen molar-refractivity contribution in [3.8, 4) is 5.75 Å². The van der Waals surface area contributed by atoms with Crippen molar-refractivity contribution in [2.24, 2.45) is 5.41 Å². The summed E-state index contributed by atoms with van der Waals surface area (Å²) in [5.74, 6) is -4.46. The molecule has 2 aromatic carbocycles. The lowest BCUT2D eigenvalue weighted by atomic mass is 9.73. The van der Waals surface area contributed by atoms with Crippen LogP contribution in [-0.4, -0.2) is 75.7 Å². The minimum atomic E-state index is -3.50. The summed E-state index contributed by atoms with van der Waals surface area (Å²) in [5.41, 5.74) is 5.96. The van der Waals surface area contributed by atoms with E-state index in [4.69, 9.17) is 4.74 Å². The first-order valence-corrected chi connectivity index (χ1v) is 13.3. The van der Waals surface area contributed by atoms with Crippen LogP contribution in [0, 0.1) is 5.41 Å². The number of amides is 2. The Bertz CT molecular complexity index is 1260. The Labute approximate surface area is 227 Å². The zero-order valence-electron chi connectivity index (χ0n) is 22.8. The molecule has 0 aromatic heterocycles. The average molecular weight is 543 g/mol. The third-order valence-corrected chi connectivity index (χ3v) is 7.98. The Morgan fingerprint density at radius 2 is 1.77 bits per heavy atom. The van der Waals surface area contributed by atoms with E-state index in [1.165, 1.54) is 19.1 Å². The highest BCUT2D eigenvalue weighted by Gasteiger charge is 2.47. The number of hydrogen-bond acceptors (Lipinski definition) is 7. The van der Waals surface area contributed by atoms with E-state index in [2.05, 4.69) is 16.1 Å². The van der Waals surface area contributed by atoms with E-state index in [0.717, 1.165) is 43.9 Å². The number of rotatable bonds is 6. The minimum Gasteiger partial charge on any atom is -0.495 e. The van der Waals surface area contributed by atoms with Gasteiger partial charge in [-0.2, -0.15) is 8.78 Å². The molecule has 3 aliphatic heterocycles. The Balaban J connectivity index is 1.32. The number of nitrogens with one attached hydrogen (secondary N) is 3. The second-order valence-corrected chi connectivity index (χ2v) is 11.1. The fourth-order valence-corrected chi connectivity index (χ4v) is 5.71. The molecular formula is C28H36F2N6O3. The molecule has 2 amide bonds. The third-order valence-electron chi connectivity index (χ3n) is 7.98. The van der Waals surface area contributed by atoms with Crippen molar-refractivity contribution in [1.29, 1.82) is 0 Å². The fourth-order valence-electron chi connectivity index (χ4n) is 5.71. The van der Waals surface area contributed by atoms with Crippen LogP contribution in [0.5, 0.6) is 5.75 Å². The number of nitrogens with zero attached hydrogens (tertiary/aromatic N) is 3. The van der Waals surface area contributed by atoms with Crippen LogP contribution in [0.3, 0.4) is 0 Å². The van der Waals surface area contributed by atoms with Crippen LogP contribution in [0.4, 0.5) is 31.5 Å². The summed E-state index contributed by atoms with van der Waals surface area (Å²) in [6.07, 6.45) is 2.25. The summed E-state index contributed by atoms with van der Waals surface area (Å²) in [7, 11) is 2.89. The molecule has 11 heteroatoms. The number of hydrogen-bond donors (Lipinski definition) is 3. The van der Waals surface area contributed by atoms with Gasteiger partial charge in [0.2, 0.25) is 0 Å². The molecule has 3 heterocycles. The Hall–Kier alpha value is -3.44. The molecule has 9 nitrogen and oxygen atoms in total. The highest BCUT2D eigenvalue weighted by molar-refractivity contribution is 6.03. The van der Waals surface area contributed by atoms with Crippen LogP contribution < -0.4 is 30.6 Å². The summed E-state index contributed by atoms with van der Waals surface area (Å²) in [4.78, 5) is 27.9. The molecule has 0 aliphatic carbocycles. The number of methoxy groups -OCH3 is 1. The van der Waals surface area contributed by atoms with E-state index in [0.29, 0.717) is 39.5 Å². The summed E-state index contributed by atoms with van der Waals surface area (Å²) in [5, 5.41) is 8.63. The van der Waals surface area contributed by atoms with Gasteiger partial charge < -0.3 is 25.2 Å². The fraction of sp³-hybridized carbons (Fsp3) is 0.500. The van der Waals surface area contributed by atoms with Gasteiger partial charge in [-0.05, 0) is 76.2 Å². The van der Waals surface area contributed by atoms with Crippen LogP contribution >= 0.6 is 0 Å². The van der Waals surface area contributed by atoms with E-state index in [-0.39, 0.29) is 11.9 Å². The Morgan fingerprint density at radius 3 is 2.44 bits per heavy atom. The molecule has 2 saturated heterocycles. The van der Waals surface area contributed by atoms with E-state index < -0.39 is 18.4 Å². The van der Waals surface area contributed by atoms with Crippen molar-refractivity contribution in [1.82, 2.24) is 15.8 Å². The number of hydrazine groups is 1. The summed E-state index contributed by atoms with van der Waals surface area (Å²) in [6.45, 7) is 6.69. The van der Waals surface area contributed by atoms with E-state index >= 15 is 0 Å². The lowest BCUT2D eigenvalue weighted by Gasteiger charge is -2.52. The number of anilines is 4. The standard InChI is InChI=1S/C28H36F2N6O3/c1-18(2)36-17-28(29,30)26(38)34(3)22-8-6-20(14-23(22)36)32-21-7-5-19(13-24(21)39-4)25(37)33-35-15-27(16-35)9-11-31-12-10-27/h5-8,13-14,18,31-32H,9-12,15-17H2,1-4H3,(H,33,37). The first-order chi connectivity index (χ1) is 18.5. The molecule has 3 N–H and O–H groups in total. The maximum absolute atomic E-state index is 14.6. The number of alkyl halides is 2. The Kier molecular flexibility index (Phi) is 7.15. The zero-order valence-corrected chi connectivity index (χ0v) is 22.8. The summed E-state index contributed by atoms with van der Waals surface area (Å²) in [6, 6.07) is 10.0. The van der Waals surface area contributed by atoms with Gasteiger partial charge in [-0.15, -0.1) is 0 Å². The number of carbonyl (C=O) groups excluding carboxylic acids is 2. The van der Waals surface area contributed by atoms with Crippen molar-refractivity contribution in [3.05, 3.63) is 42.0 Å². The monoisotopic (exact) mass is 542 g/mol. The topological polar surface area (TPSA) is 89.2 Å². The van der Waals surface area contributed by atoms with Gasteiger partial charge in [-0.3, -0.25) is 15.0 Å². The predicted molar refractivity (Wildman–Crippen MR) is 147 cm³/mol. The van der Waals surface area contributed by atoms with E-state index in [1.807, 2.05) is 18.9 Å². The minimum absolute atomic E-state index is 0.199. The lowest BCUT2D eigenvalue weighted by Crippen LogP contribution is -2.64. The second kappa shape index (κ2) is 10.3. The lowest BCUT2D eigenvalue weighted by molar-refractivity contribution is -0.140. The van der Waals surface area contributed by atoms with Gasteiger partial charge in [0, 0.05) is 42.8 Å². The number of ether oxygens (including phenoxy) is 1.